The van der Waals surface area contributed by atoms with Crippen LogP contribution in [0, 0.1) is 0 Å². The number of rotatable bonds is 1. The molecule has 0 saturated heterocycles. The molecule has 72 valence electrons. The number of aromatic nitrogens is 1. The van der Waals surface area contributed by atoms with Crippen LogP contribution in [0.3, 0.4) is 0 Å². The first-order valence-electron chi connectivity index (χ1n) is 3.38. The summed E-state index contributed by atoms with van der Waals surface area (Å²) in [6, 6.07) is 1.48. The molecule has 0 amide bonds. The Labute approximate surface area is 72.0 Å². The molecule has 3 N–H and O–H groups in total. The summed E-state index contributed by atoms with van der Waals surface area (Å²) in [7, 11) is 0. The van der Waals surface area contributed by atoms with Crippen LogP contribution in [0.5, 0.6) is 0 Å². The number of nitrogens with zero attached hydrogens (tertiary/aromatic N) is 1. The monoisotopic (exact) mass is 192 g/mol. The molecule has 0 aliphatic carbocycles. The van der Waals surface area contributed by atoms with Crippen molar-refractivity contribution in [2.24, 2.45) is 0 Å². The molecule has 0 aliphatic rings. The number of pyridine rings is 1. The number of hydrogen-bond donors (Lipinski definition) is 2. The van der Waals surface area contributed by atoms with Gasteiger partial charge in [0.05, 0.1) is 17.9 Å². The van der Waals surface area contributed by atoms with Crippen molar-refractivity contribution in [1.82, 2.24) is 4.98 Å². The zero-order valence-corrected chi connectivity index (χ0v) is 6.47. The molecule has 1 aromatic rings. The lowest BCUT2D eigenvalue weighted by Gasteiger charge is -2.08. The zero-order chi connectivity index (χ0) is 10.1. The van der Waals surface area contributed by atoms with Gasteiger partial charge in [0.1, 0.15) is 5.82 Å². The fraction of sp³-hybridized carbons (Fsp3) is 0.286. The van der Waals surface area contributed by atoms with E-state index in [4.69, 9.17) is 10.8 Å². The van der Waals surface area contributed by atoms with Gasteiger partial charge in [0.25, 0.3) is 0 Å². The fourth-order valence-electron chi connectivity index (χ4n) is 0.856. The topological polar surface area (TPSA) is 59.1 Å². The van der Waals surface area contributed by atoms with Gasteiger partial charge in [0, 0.05) is 0 Å². The van der Waals surface area contributed by atoms with E-state index in [1.54, 1.807) is 0 Å². The SMILES string of the molecule is Nc1cc(C(F)(F)F)cc(CO)n1. The lowest BCUT2D eigenvalue weighted by molar-refractivity contribution is -0.137. The highest BCUT2D eigenvalue weighted by Gasteiger charge is 2.31. The minimum absolute atomic E-state index is 0.0904. The summed E-state index contributed by atoms with van der Waals surface area (Å²) in [5.41, 5.74) is 4.12. The number of aliphatic hydroxyl groups is 1. The largest absolute Gasteiger partial charge is 0.416 e. The second kappa shape index (κ2) is 3.21. The van der Waals surface area contributed by atoms with Crippen molar-refractivity contribution in [3.63, 3.8) is 0 Å². The maximum atomic E-state index is 12.1. The van der Waals surface area contributed by atoms with Crippen LogP contribution >= 0.6 is 0 Å². The maximum absolute atomic E-state index is 12.1. The molecule has 0 aromatic carbocycles. The van der Waals surface area contributed by atoms with Gasteiger partial charge in [-0.1, -0.05) is 0 Å². The van der Waals surface area contributed by atoms with Crippen LogP contribution in [-0.4, -0.2) is 10.1 Å². The van der Waals surface area contributed by atoms with Crippen LogP contribution < -0.4 is 5.73 Å². The van der Waals surface area contributed by atoms with Gasteiger partial charge in [-0.05, 0) is 12.1 Å². The Balaban J connectivity index is 3.16. The Morgan fingerprint density at radius 2 is 2.00 bits per heavy atom. The standard InChI is InChI=1S/C7H7F3N2O/c8-7(9,10)4-1-5(3-13)12-6(11)2-4/h1-2,13H,3H2,(H2,11,12). The maximum Gasteiger partial charge on any atom is 0.416 e. The third-order valence-electron chi connectivity index (χ3n) is 1.39. The second-order valence-electron chi connectivity index (χ2n) is 2.43. The molecule has 1 rings (SSSR count). The van der Waals surface area contributed by atoms with Crippen molar-refractivity contribution >= 4 is 5.82 Å². The minimum Gasteiger partial charge on any atom is -0.390 e. The van der Waals surface area contributed by atoms with E-state index in [9.17, 15) is 13.2 Å². The van der Waals surface area contributed by atoms with Gasteiger partial charge in [-0.3, -0.25) is 0 Å². The van der Waals surface area contributed by atoms with E-state index in [1.807, 2.05) is 0 Å². The summed E-state index contributed by atoms with van der Waals surface area (Å²) in [5, 5.41) is 8.57. The molecule has 1 heterocycles. The average molecular weight is 192 g/mol. The van der Waals surface area contributed by atoms with Gasteiger partial charge in [-0.15, -0.1) is 0 Å². The number of nitrogen functional groups attached to an aromatic ring is 1. The van der Waals surface area contributed by atoms with Crippen molar-refractivity contribution in [2.45, 2.75) is 12.8 Å². The van der Waals surface area contributed by atoms with Crippen LogP contribution in [-0.2, 0) is 12.8 Å². The highest BCUT2D eigenvalue weighted by Crippen LogP contribution is 2.30. The van der Waals surface area contributed by atoms with Crippen molar-refractivity contribution < 1.29 is 18.3 Å². The number of anilines is 1. The molecule has 0 unspecified atom stereocenters. The molecule has 13 heavy (non-hydrogen) atoms. The molecule has 0 spiro atoms. The van der Waals surface area contributed by atoms with E-state index in [0.29, 0.717) is 0 Å². The molecule has 0 radical (unpaired) electrons. The van der Waals surface area contributed by atoms with Crippen LogP contribution in [0.4, 0.5) is 19.0 Å². The summed E-state index contributed by atoms with van der Waals surface area (Å²) in [6.45, 7) is -0.561. The first kappa shape index (κ1) is 9.79. The molecule has 0 fully saturated rings. The third kappa shape index (κ3) is 2.32. The normalized spacial score (nSPS) is 11.7. The van der Waals surface area contributed by atoms with E-state index in [0.717, 1.165) is 12.1 Å². The van der Waals surface area contributed by atoms with Gasteiger partial charge in [0.2, 0.25) is 0 Å². The second-order valence-corrected chi connectivity index (χ2v) is 2.43. The number of alkyl halides is 3. The molecule has 3 nitrogen and oxygen atoms in total. The van der Waals surface area contributed by atoms with E-state index in [1.165, 1.54) is 0 Å². The number of hydrogen-bond acceptors (Lipinski definition) is 3. The van der Waals surface area contributed by atoms with Crippen LogP contribution in [0.25, 0.3) is 0 Å². The molecule has 1 aromatic heterocycles. The third-order valence-corrected chi connectivity index (χ3v) is 1.39. The predicted molar refractivity (Wildman–Crippen MR) is 39.6 cm³/mol. The summed E-state index contributed by atoms with van der Waals surface area (Å²) in [5.74, 6) is -0.251. The van der Waals surface area contributed by atoms with Crippen LogP contribution in [0.1, 0.15) is 11.3 Å². The van der Waals surface area contributed by atoms with E-state index in [-0.39, 0.29) is 11.5 Å². The fourth-order valence-corrected chi connectivity index (χ4v) is 0.856. The minimum atomic E-state index is -4.46. The van der Waals surface area contributed by atoms with E-state index in [2.05, 4.69) is 4.98 Å². The smallest absolute Gasteiger partial charge is 0.390 e. The van der Waals surface area contributed by atoms with Gasteiger partial charge >= 0.3 is 6.18 Å². The number of aliphatic hydroxyl groups excluding tert-OH is 1. The molecule has 0 bridgehead atoms. The van der Waals surface area contributed by atoms with E-state index >= 15 is 0 Å². The lowest BCUT2D eigenvalue weighted by Crippen LogP contribution is -2.08. The number of halogens is 3. The van der Waals surface area contributed by atoms with Gasteiger partial charge in [-0.25, -0.2) is 4.98 Å². The van der Waals surface area contributed by atoms with Crippen molar-refractivity contribution in [1.29, 1.82) is 0 Å². The molecule has 0 saturated carbocycles. The Kier molecular flexibility index (Phi) is 2.42. The Morgan fingerprint density at radius 1 is 1.38 bits per heavy atom. The van der Waals surface area contributed by atoms with Crippen molar-refractivity contribution in [3.05, 3.63) is 23.4 Å². The van der Waals surface area contributed by atoms with Crippen LogP contribution in [0.15, 0.2) is 12.1 Å². The van der Waals surface area contributed by atoms with Gasteiger partial charge in [0.15, 0.2) is 0 Å². The Morgan fingerprint density at radius 3 is 2.46 bits per heavy atom. The molecular weight excluding hydrogens is 185 g/mol. The lowest BCUT2D eigenvalue weighted by atomic mass is 10.2. The summed E-state index contributed by atoms with van der Waals surface area (Å²) in [4.78, 5) is 3.49. The van der Waals surface area contributed by atoms with E-state index < -0.39 is 18.3 Å². The van der Waals surface area contributed by atoms with Crippen molar-refractivity contribution in [2.75, 3.05) is 5.73 Å². The highest BCUT2D eigenvalue weighted by molar-refractivity contribution is 5.36. The quantitative estimate of drug-likeness (QED) is 0.702. The van der Waals surface area contributed by atoms with Gasteiger partial charge in [-0.2, -0.15) is 13.2 Å². The van der Waals surface area contributed by atoms with Gasteiger partial charge < -0.3 is 10.8 Å². The Bertz CT molecular complexity index is 311. The van der Waals surface area contributed by atoms with Crippen LogP contribution in [0.2, 0.25) is 0 Å². The highest BCUT2D eigenvalue weighted by atomic mass is 19.4. The molecule has 6 heteroatoms. The number of nitrogens with two attached hydrogens (primary N) is 1. The molecule has 0 atom stereocenters. The first-order chi connectivity index (χ1) is 5.93. The Hall–Kier alpha value is -1.30. The molecule has 0 aliphatic heterocycles. The zero-order valence-electron chi connectivity index (χ0n) is 6.47. The predicted octanol–water partition coefficient (Wildman–Crippen LogP) is 1.17. The average Bonchev–Trinajstić information content (AvgIpc) is 2.01. The summed E-state index contributed by atoms with van der Waals surface area (Å²) in [6.07, 6.45) is -4.46. The molecular formula is C7H7F3N2O. The first-order valence-corrected chi connectivity index (χ1v) is 3.38. The van der Waals surface area contributed by atoms with Crippen molar-refractivity contribution in [3.8, 4) is 0 Å². The summed E-state index contributed by atoms with van der Waals surface area (Å²) < 4.78 is 36.4. The summed E-state index contributed by atoms with van der Waals surface area (Å²) >= 11 is 0.